The number of hydrogen-bond donors (Lipinski definition) is 3. The largest absolute Gasteiger partial charge is 0.504 e. The summed E-state index contributed by atoms with van der Waals surface area (Å²) in [5.41, 5.74) is 0.250. The highest BCUT2D eigenvalue weighted by atomic mass is 16.5. The number of amides is 1. The van der Waals surface area contributed by atoms with Gasteiger partial charge in [-0.05, 0) is 18.2 Å². The van der Waals surface area contributed by atoms with E-state index >= 15 is 0 Å². The third-order valence-corrected chi connectivity index (χ3v) is 2.15. The second kappa shape index (κ2) is 4.56. The number of rotatable bonds is 3. The molecule has 0 spiro atoms. The summed E-state index contributed by atoms with van der Waals surface area (Å²) in [6, 6.07) is 5.48. The smallest absolute Gasteiger partial charge is 0.251 e. The molecule has 0 saturated carbocycles. The molecule has 0 saturated heterocycles. The van der Waals surface area contributed by atoms with Gasteiger partial charge in [0.05, 0.1) is 12.7 Å². The SMILES string of the molecule is O=C(NCc1ccno1)c1ccc(O)c(O)c1. The lowest BCUT2D eigenvalue weighted by Crippen LogP contribution is -2.22. The fourth-order valence-electron chi connectivity index (χ4n) is 1.27. The maximum Gasteiger partial charge on any atom is 0.251 e. The first kappa shape index (κ1) is 11.0. The van der Waals surface area contributed by atoms with E-state index in [4.69, 9.17) is 9.63 Å². The number of nitrogens with zero attached hydrogens (tertiary/aromatic N) is 1. The summed E-state index contributed by atoms with van der Waals surface area (Å²) >= 11 is 0. The van der Waals surface area contributed by atoms with Crippen LogP contribution in [0.5, 0.6) is 11.5 Å². The lowest BCUT2D eigenvalue weighted by Gasteiger charge is -2.04. The van der Waals surface area contributed by atoms with Crippen molar-refractivity contribution in [2.45, 2.75) is 6.54 Å². The summed E-state index contributed by atoms with van der Waals surface area (Å²) in [7, 11) is 0. The first-order valence-electron chi connectivity index (χ1n) is 4.86. The maximum atomic E-state index is 11.6. The molecule has 2 aromatic rings. The van der Waals surface area contributed by atoms with Gasteiger partial charge in [0.15, 0.2) is 17.3 Å². The maximum absolute atomic E-state index is 11.6. The van der Waals surface area contributed by atoms with Crippen LogP contribution in [0.3, 0.4) is 0 Å². The summed E-state index contributed by atoms with van der Waals surface area (Å²) in [5, 5.41) is 24.4. The quantitative estimate of drug-likeness (QED) is 0.689. The van der Waals surface area contributed by atoms with Gasteiger partial charge in [0.2, 0.25) is 0 Å². The van der Waals surface area contributed by atoms with Crippen LogP contribution in [0.4, 0.5) is 0 Å². The van der Waals surface area contributed by atoms with Gasteiger partial charge in [-0.1, -0.05) is 5.16 Å². The fourth-order valence-corrected chi connectivity index (χ4v) is 1.27. The van der Waals surface area contributed by atoms with E-state index in [-0.39, 0.29) is 29.5 Å². The van der Waals surface area contributed by atoms with E-state index < -0.39 is 0 Å². The van der Waals surface area contributed by atoms with Gasteiger partial charge < -0.3 is 20.1 Å². The Bertz CT molecular complexity index is 522. The van der Waals surface area contributed by atoms with E-state index in [2.05, 4.69) is 10.5 Å². The molecule has 0 radical (unpaired) electrons. The Labute approximate surface area is 96.5 Å². The molecule has 0 aliphatic heterocycles. The minimum Gasteiger partial charge on any atom is -0.504 e. The molecule has 0 aliphatic carbocycles. The highest BCUT2D eigenvalue weighted by molar-refractivity contribution is 5.94. The van der Waals surface area contributed by atoms with Crippen molar-refractivity contribution in [1.29, 1.82) is 0 Å². The van der Waals surface area contributed by atoms with Crippen molar-refractivity contribution in [2.75, 3.05) is 0 Å². The molecule has 2 rings (SSSR count). The van der Waals surface area contributed by atoms with Crippen molar-refractivity contribution in [3.63, 3.8) is 0 Å². The second-order valence-electron chi connectivity index (χ2n) is 3.36. The molecule has 88 valence electrons. The van der Waals surface area contributed by atoms with Crippen molar-refractivity contribution in [1.82, 2.24) is 10.5 Å². The first-order valence-corrected chi connectivity index (χ1v) is 4.86. The van der Waals surface area contributed by atoms with Crippen LogP contribution in [-0.4, -0.2) is 21.3 Å². The van der Waals surface area contributed by atoms with Gasteiger partial charge in [-0.15, -0.1) is 0 Å². The Hall–Kier alpha value is -2.50. The zero-order chi connectivity index (χ0) is 12.3. The molecule has 0 fully saturated rings. The average Bonchev–Trinajstić information content (AvgIpc) is 2.82. The van der Waals surface area contributed by atoms with Gasteiger partial charge in [0, 0.05) is 11.6 Å². The first-order chi connectivity index (χ1) is 8.16. The fraction of sp³-hybridized carbons (Fsp3) is 0.0909. The van der Waals surface area contributed by atoms with E-state index in [0.717, 1.165) is 0 Å². The molecule has 6 heteroatoms. The van der Waals surface area contributed by atoms with Crippen LogP contribution in [-0.2, 0) is 6.54 Å². The molecule has 0 unspecified atom stereocenters. The Morgan fingerprint density at radius 3 is 2.76 bits per heavy atom. The van der Waals surface area contributed by atoms with Gasteiger partial charge in [0.1, 0.15) is 0 Å². The van der Waals surface area contributed by atoms with E-state index in [1.54, 1.807) is 6.07 Å². The minimum absolute atomic E-state index is 0.209. The van der Waals surface area contributed by atoms with Crippen LogP contribution in [0.25, 0.3) is 0 Å². The molecule has 1 aromatic carbocycles. The molecule has 17 heavy (non-hydrogen) atoms. The van der Waals surface area contributed by atoms with Crippen LogP contribution >= 0.6 is 0 Å². The van der Waals surface area contributed by atoms with Crippen molar-refractivity contribution in [2.24, 2.45) is 0 Å². The molecule has 1 amide bonds. The third-order valence-electron chi connectivity index (χ3n) is 2.15. The monoisotopic (exact) mass is 234 g/mol. The molecule has 6 nitrogen and oxygen atoms in total. The standard InChI is InChI=1S/C11H10N2O4/c14-9-2-1-7(5-10(9)15)11(16)12-6-8-3-4-13-17-8/h1-5,14-15H,6H2,(H,12,16). The topological polar surface area (TPSA) is 95.6 Å². The highest BCUT2D eigenvalue weighted by Gasteiger charge is 2.09. The Morgan fingerprint density at radius 2 is 2.12 bits per heavy atom. The number of phenolic OH excluding ortho intramolecular Hbond substituents is 2. The zero-order valence-corrected chi connectivity index (χ0v) is 8.75. The Balaban J connectivity index is 2.02. The number of phenols is 2. The Morgan fingerprint density at radius 1 is 1.29 bits per heavy atom. The highest BCUT2D eigenvalue weighted by Crippen LogP contribution is 2.24. The van der Waals surface area contributed by atoms with E-state index in [1.165, 1.54) is 24.4 Å². The number of aromatic nitrogens is 1. The van der Waals surface area contributed by atoms with Crippen molar-refractivity contribution < 1.29 is 19.5 Å². The number of nitrogens with one attached hydrogen (secondary N) is 1. The van der Waals surface area contributed by atoms with Gasteiger partial charge in [-0.3, -0.25) is 4.79 Å². The lowest BCUT2D eigenvalue weighted by atomic mass is 10.2. The number of carbonyl (C=O) groups excluding carboxylic acids is 1. The van der Waals surface area contributed by atoms with E-state index in [9.17, 15) is 9.90 Å². The molecular formula is C11H10N2O4. The summed E-state index contributed by atoms with van der Waals surface area (Å²) in [5.74, 6) is -0.452. The van der Waals surface area contributed by atoms with Crippen molar-refractivity contribution >= 4 is 5.91 Å². The summed E-state index contributed by atoms with van der Waals surface area (Å²) < 4.78 is 4.81. The van der Waals surface area contributed by atoms with Gasteiger partial charge >= 0.3 is 0 Å². The van der Waals surface area contributed by atoms with E-state index in [0.29, 0.717) is 5.76 Å². The van der Waals surface area contributed by atoms with E-state index in [1.807, 2.05) is 0 Å². The lowest BCUT2D eigenvalue weighted by molar-refractivity contribution is 0.0946. The summed E-state index contributed by atoms with van der Waals surface area (Å²) in [6.45, 7) is 0.209. The number of aromatic hydroxyl groups is 2. The minimum atomic E-state index is -0.378. The normalized spacial score (nSPS) is 10.1. The van der Waals surface area contributed by atoms with Gasteiger partial charge in [0.25, 0.3) is 5.91 Å². The van der Waals surface area contributed by atoms with Crippen LogP contribution in [0.2, 0.25) is 0 Å². The zero-order valence-electron chi connectivity index (χ0n) is 8.75. The van der Waals surface area contributed by atoms with Crippen LogP contribution in [0.15, 0.2) is 35.0 Å². The number of benzene rings is 1. The van der Waals surface area contributed by atoms with Gasteiger partial charge in [-0.25, -0.2) is 0 Å². The Kier molecular flexibility index (Phi) is 2.95. The molecule has 1 aromatic heterocycles. The average molecular weight is 234 g/mol. The third kappa shape index (κ3) is 2.54. The molecule has 0 bridgehead atoms. The molecule has 0 atom stereocenters. The van der Waals surface area contributed by atoms with Crippen molar-refractivity contribution in [3.8, 4) is 11.5 Å². The van der Waals surface area contributed by atoms with Gasteiger partial charge in [-0.2, -0.15) is 0 Å². The second-order valence-corrected chi connectivity index (χ2v) is 3.36. The van der Waals surface area contributed by atoms with Crippen molar-refractivity contribution in [3.05, 3.63) is 41.8 Å². The number of carbonyl (C=O) groups is 1. The van der Waals surface area contributed by atoms with Crippen LogP contribution < -0.4 is 5.32 Å². The molecule has 3 N–H and O–H groups in total. The predicted molar refractivity (Wildman–Crippen MR) is 57.4 cm³/mol. The van der Waals surface area contributed by atoms with Crippen LogP contribution in [0.1, 0.15) is 16.1 Å². The predicted octanol–water partition coefficient (Wildman–Crippen LogP) is 1.02. The number of hydrogen-bond acceptors (Lipinski definition) is 5. The molecule has 0 aliphatic rings. The molecule has 1 heterocycles. The molecular weight excluding hydrogens is 224 g/mol. The summed E-state index contributed by atoms with van der Waals surface area (Å²) in [6.07, 6.45) is 1.48. The van der Waals surface area contributed by atoms with Crippen LogP contribution in [0, 0.1) is 0 Å². The summed E-state index contributed by atoms with van der Waals surface area (Å²) in [4.78, 5) is 11.6.